The number of ether oxygens (including phenoxy) is 1. The first-order valence-electron chi connectivity index (χ1n) is 9.36. The number of nitrogens with zero attached hydrogens (tertiary/aromatic N) is 1. The third-order valence-corrected chi connectivity index (χ3v) is 4.28. The highest BCUT2D eigenvalue weighted by molar-refractivity contribution is 5.97. The van der Waals surface area contributed by atoms with Gasteiger partial charge in [-0.05, 0) is 42.7 Å². The Morgan fingerprint density at radius 1 is 1.07 bits per heavy atom. The zero-order valence-electron chi connectivity index (χ0n) is 16.7. The van der Waals surface area contributed by atoms with E-state index in [1.165, 1.54) is 12.1 Å². The summed E-state index contributed by atoms with van der Waals surface area (Å²) in [6.07, 6.45) is 0. The maximum atomic E-state index is 12.6. The normalized spacial score (nSPS) is 11.6. The van der Waals surface area contributed by atoms with Crippen molar-refractivity contribution >= 4 is 17.5 Å². The van der Waals surface area contributed by atoms with Crippen molar-refractivity contribution in [2.24, 2.45) is 5.92 Å². The zero-order chi connectivity index (χ0) is 21.4. The highest BCUT2D eigenvalue weighted by Crippen LogP contribution is 2.14. The lowest BCUT2D eigenvalue weighted by Crippen LogP contribution is -2.49. The van der Waals surface area contributed by atoms with Crippen LogP contribution in [0.4, 0.5) is 5.69 Å². The second-order valence-corrected chi connectivity index (χ2v) is 6.79. The van der Waals surface area contributed by atoms with Crippen molar-refractivity contribution < 1.29 is 19.2 Å². The van der Waals surface area contributed by atoms with Gasteiger partial charge in [0.25, 0.3) is 11.6 Å². The molecule has 1 unspecified atom stereocenters. The van der Waals surface area contributed by atoms with Crippen molar-refractivity contribution in [2.45, 2.75) is 33.4 Å². The molecule has 0 saturated heterocycles. The number of amides is 2. The Bertz CT molecular complexity index is 848. The fourth-order valence-corrected chi connectivity index (χ4v) is 2.66. The molecule has 0 heterocycles. The van der Waals surface area contributed by atoms with Crippen molar-refractivity contribution in [1.29, 1.82) is 0 Å². The molecule has 0 aliphatic heterocycles. The lowest BCUT2D eigenvalue weighted by molar-refractivity contribution is -0.384. The summed E-state index contributed by atoms with van der Waals surface area (Å²) in [6.45, 7) is 6.31. The summed E-state index contributed by atoms with van der Waals surface area (Å²) in [5.41, 5.74) is 1.15. The summed E-state index contributed by atoms with van der Waals surface area (Å²) in [5.74, 6) is -0.126. The van der Waals surface area contributed by atoms with Crippen LogP contribution in [0.1, 0.15) is 36.7 Å². The van der Waals surface area contributed by atoms with Gasteiger partial charge in [-0.2, -0.15) is 0 Å². The van der Waals surface area contributed by atoms with Crippen LogP contribution >= 0.6 is 0 Å². The van der Waals surface area contributed by atoms with Gasteiger partial charge in [-0.3, -0.25) is 19.7 Å². The lowest BCUT2D eigenvalue weighted by atomic mass is 10.0. The number of hydrogen-bond donors (Lipinski definition) is 2. The number of nitrogens with one attached hydrogen (secondary N) is 2. The lowest BCUT2D eigenvalue weighted by Gasteiger charge is -2.22. The number of benzene rings is 2. The fraction of sp³-hybridized carbons (Fsp3) is 0.333. The first kappa shape index (κ1) is 21.9. The van der Waals surface area contributed by atoms with Gasteiger partial charge in [-0.25, -0.2) is 0 Å². The highest BCUT2D eigenvalue weighted by atomic mass is 16.6. The Labute approximate surface area is 169 Å². The molecule has 0 aliphatic rings. The van der Waals surface area contributed by atoms with Crippen LogP contribution < -0.4 is 15.4 Å². The summed E-state index contributed by atoms with van der Waals surface area (Å²) >= 11 is 0. The van der Waals surface area contributed by atoms with Gasteiger partial charge < -0.3 is 15.4 Å². The number of carbonyl (C=O) groups excluding carboxylic acids is 2. The molecule has 0 fully saturated rings. The van der Waals surface area contributed by atoms with E-state index >= 15 is 0 Å². The summed E-state index contributed by atoms with van der Waals surface area (Å²) in [6, 6.07) is 11.9. The maximum Gasteiger partial charge on any atom is 0.269 e. The Balaban J connectivity index is 1.97. The minimum Gasteiger partial charge on any atom is -0.494 e. The second kappa shape index (κ2) is 10.2. The van der Waals surface area contributed by atoms with Gasteiger partial charge in [-0.15, -0.1) is 0 Å². The summed E-state index contributed by atoms with van der Waals surface area (Å²) in [7, 11) is 0. The molecule has 2 aromatic carbocycles. The predicted octanol–water partition coefficient (Wildman–Crippen LogP) is 3.06. The van der Waals surface area contributed by atoms with Crippen LogP contribution in [0.2, 0.25) is 0 Å². The van der Waals surface area contributed by atoms with Gasteiger partial charge in [0.2, 0.25) is 5.91 Å². The van der Waals surface area contributed by atoms with Crippen LogP contribution in [0.25, 0.3) is 0 Å². The molecule has 2 N–H and O–H groups in total. The topological polar surface area (TPSA) is 111 Å². The highest BCUT2D eigenvalue weighted by Gasteiger charge is 2.24. The smallest absolute Gasteiger partial charge is 0.269 e. The number of nitro groups is 1. The van der Waals surface area contributed by atoms with E-state index in [2.05, 4.69) is 10.6 Å². The van der Waals surface area contributed by atoms with Crippen LogP contribution in [0.3, 0.4) is 0 Å². The monoisotopic (exact) mass is 399 g/mol. The van der Waals surface area contributed by atoms with Gasteiger partial charge in [0.1, 0.15) is 11.8 Å². The Morgan fingerprint density at radius 3 is 2.21 bits per heavy atom. The molecule has 0 bridgehead atoms. The number of hydrogen-bond acceptors (Lipinski definition) is 5. The van der Waals surface area contributed by atoms with E-state index in [1.807, 2.05) is 20.8 Å². The molecule has 0 aliphatic carbocycles. The van der Waals surface area contributed by atoms with Gasteiger partial charge >= 0.3 is 0 Å². The van der Waals surface area contributed by atoms with E-state index in [1.54, 1.807) is 36.4 Å². The van der Waals surface area contributed by atoms with Crippen molar-refractivity contribution in [1.82, 2.24) is 10.6 Å². The van der Waals surface area contributed by atoms with Crippen LogP contribution in [0.15, 0.2) is 48.5 Å². The summed E-state index contributed by atoms with van der Waals surface area (Å²) in [4.78, 5) is 35.3. The SMILES string of the molecule is CCOc1ccc(C(=O)NC(C(=O)NCc2ccc([N+](=O)[O-])cc2)C(C)C)cc1. The number of carbonyl (C=O) groups is 2. The maximum absolute atomic E-state index is 12.6. The largest absolute Gasteiger partial charge is 0.494 e. The average molecular weight is 399 g/mol. The van der Waals surface area contributed by atoms with Gasteiger partial charge in [0.15, 0.2) is 0 Å². The first-order chi connectivity index (χ1) is 13.8. The fourth-order valence-electron chi connectivity index (χ4n) is 2.66. The average Bonchev–Trinajstić information content (AvgIpc) is 2.71. The molecule has 0 saturated carbocycles. The molecule has 154 valence electrons. The van der Waals surface area contributed by atoms with E-state index in [0.717, 1.165) is 5.56 Å². The van der Waals surface area contributed by atoms with Crippen LogP contribution in [0.5, 0.6) is 5.75 Å². The molecule has 0 spiro atoms. The third-order valence-electron chi connectivity index (χ3n) is 4.28. The molecular formula is C21H25N3O5. The Morgan fingerprint density at radius 2 is 1.69 bits per heavy atom. The van der Waals surface area contributed by atoms with Crippen LogP contribution in [-0.2, 0) is 11.3 Å². The van der Waals surface area contributed by atoms with Crippen molar-refractivity contribution in [3.05, 3.63) is 69.8 Å². The molecule has 8 heteroatoms. The van der Waals surface area contributed by atoms with Crippen LogP contribution in [0, 0.1) is 16.0 Å². The molecule has 2 amide bonds. The minimum absolute atomic E-state index is 0.0113. The summed E-state index contributed by atoms with van der Waals surface area (Å²) in [5, 5.41) is 16.2. The molecule has 29 heavy (non-hydrogen) atoms. The second-order valence-electron chi connectivity index (χ2n) is 6.79. The Kier molecular flexibility index (Phi) is 7.70. The van der Waals surface area contributed by atoms with Crippen molar-refractivity contribution in [2.75, 3.05) is 6.61 Å². The number of rotatable bonds is 9. The third kappa shape index (κ3) is 6.31. The zero-order valence-corrected chi connectivity index (χ0v) is 16.7. The van der Waals surface area contributed by atoms with E-state index in [-0.39, 0.29) is 30.0 Å². The quantitative estimate of drug-likeness (QED) is 0.497. The molecule has 2 aromatic rings. The van der Waals surface area contributed by atoms with Crippen LogP contribution in [-0.4, -0.2) is 29.4 Å². The molecular weight excluding hydrogens is 374 g/mol. The molecule has 2 rings (SSSR count). The first-order valence-corrected chi connectivity index (χ1v) is 9.36. The Hall–Kier alpha value is -3.42. The van der Waals surface area contributed by atoms with E-state index in [9.17, 15) is 19.7 Å². The molecule has 0 radical (unpaired) electrons. The van der Waals surface area contributed by atoms with E-state index in [4.69, 9.17) is 4.74 Å². The number of non-ortho nitro benzene ring substituents is 1. The van der Waals surface area contributed by atoms with Crippen molar-refractivity contribution in [3.8, 4) is 5.75 Å². The molecule has 0 aromatic heterocycles. The molecule has 1 atom stereocenters. The van der Waals surface area contributed by atoms with E-state index < -0.39 is 11.0 Å². The van der Waals surface area contributed by atoms with Gasteiger partial charge in [0.05, 0.1) is 11.5 Å². The van der Waals surface area contributed by atoms with Crippen molar-refractivity contribution in [3.63, 3.8) is 0 Å². The van der Waals surface area contributed by atoms with Gasteiger partial charge in [0, 0.05) is 24.2 Å². The summed E-state index contributed by atoms with van der Waals surface area (Å²) < 4.78 is 5.36. The number of nitro benzene ring substituents is 1. The van der Waals surface area contributed by atoms with Gasteiger partial charge in [-0.1, -0.05) is 26.0 Å². The predicted molar refractivity (Wildman–Crippen MR) is 109 cm³/mol. The minimum atomic E-state index is -0.716. The standard InChI is InChI=1S/C21H25N3O5/c1-4-29-18-11-7-16(8-12-18)20(25)23-19(14(2)3)21(26)22-13-15-5-9-17(10-6-15)24(27)28/h5-12,14,19H,4,13H2,1-3H3,(H,22,26)(H,23,25). The molecule has 8 nitrogen and oxygen atoms in total. The van der Waals surface area contributed by atoms with E-state index in [0.29, 0.717) is 17.9 Å².